The lowest BCUT2D eigenvalue weighted by Gasteiger charge is -2.32. The molecule has 0 fully saturated rings. The van der Waals surface area contributed by atoms with Crippen molar-refractivity contribution in [2.45, 2.75) is 52.0 Å². The molecule has 4 rings (SSSR count). The van der Waals surface area contributed by atoms with Gasteiger partial charge in [0.1, 0.15) is 5.75 Å². The van der Waals surface area contributed by atoms with Gasteiger partial charge in [-0.3, -0.25) is 4.79 Å². The van der Waals surface area contributed by atoms with E-state index in [0.717, 1.165) is 11.6 Å². The predicted octanol–water partition coefficient (Wildman–Crippen LogP) is 6.80. The van der Waals surface area contributed by atoms with Crippen LogP contribution < -0.4 is 15.4 Å². The first-order valence-electron chi connectivity index (χ1n) is 15.1. The van der Waals surface area contributed by atoms with Crippen molar-refractivity contribution in [3.63, 3.8) is 0 Å². The van der Waals surface area contributed by atoms with E-state index in [9.17, 15) is 18.0 Å². The van der Waals surface area contributed by atoms with Crippen molar-refractivity contribution in [1.29, 1.82) is 5.26 Å². The molecule has 0 aliphatic heterocycles. The highest BCUT2D eigenvalue weighted by molar-refractivity contribution is 7.80. The number of carbonyl (C=O) groups excluding carboxylic acids is 1. The standard InChI is InChI=1S/C35H37F3N6O2S/c1-24(2)16-29(41-33(45)17-30-19-40-23-44(30)20-26-10-8-25(18-39)9-11-26)22-43(21-27-6-4-5-7-32(27)35(36,37)38)34(47)42-28-12-14-31(46-3)15-13-28/h4-15,19,23-24,29H,16-17,20-22H2,1-3H3,(H,41,45)(H,42,47)/t29-/m0/s1. The smallest absolute Gasteiger partial charge is 0.416 e. The van der Waals surface area contributed by atoms with Gasteiger partial charge in [0.25, 0.3) is 0 Å². The third-order valence-electron chi connectivity index (χ3n) is 7.45. The summed E-state index contributed by atoms with van der Waals surface area (Å²) in [6.07, 6.45) is -0.640. The molecule has 0 saturated carbocycles. The van der Waals surface area contributed by atoms with Crippen molar-refractivity contribution < 1.29 is 22.7 Å². The molecule has 1 aromatic heterocycles. The number of ether oxygens (including phenoxy) is 1. The summed E-state index contributed by atoms with van der Waals surface area (Å²) in [5, 5.41) is 15.5. The quantitative estimate of drug-likeness (QED) is 0.152. The molecule has 0 aliphatic rings. The number of imidazole rings is 1. The van der Waals surface area contributed by atoms with E-state index in [1.165, 1.54) is 12.1 Å². The Labute approximate surface area is 278 Å². The van der Waals surface area contributed by atoms with Crippen molar-refractivity contribution in [2.75, 3.05) is 19.0 Å². The fraction of sp³-hybridized carbons (Fsp3) is 0.314. The van der Waals surface area contributed by atoms with Crippen LogP contribution in [-0.4, -0.2) is 45.2 Å². The highest BCUT2D eigenvalue weighted by Gasteiger charge is 2.34. The molecule has 1 heterocycles. The number of rotatable bonds is 13. The van der Waals surface area contributed by atoms with E-state index >= 15 is 0 Å². The van der Waals surface area contributed by atoms with E-state index in [0.29, 0.717) is 35.7 Å². The van der Waals surface area contributed by atoms with Crippen molar-refractivity contribution >= 4 is 28.9 Å². The van der Waals surface area contributed by atoms with Crippen molar-refractivity contribution in [1.82, 2.24) is 19.8 Å². The van der Waals surface area contributed by atoms with Crippen LogP contribution >= 0.6 is 12.2 Å². The summed E-state index contributed by atoms with van der Waals surface area (Å²) in [5.41, 5.74) is 2.18. The Hall–Kier alpha value is -4.89. The summed E-state index contributed by atoms with van der Waals surface area (Å²) in [7, 11) is 1.55. The van der Waals surface area contributed by atoms with Gasteiger partial charge in [-0.2, -0.15) is 18.4 Å². The Bertz CT molecular complexity index is 1680. The first kappa shape index (κ1) is 35.0. The fourth-order valence-electron chi connectivity index (χ4n) is 5.21. The number of anilines is 1. The summed E-state index contributed by atoms with van der Waals surface area (Å²) in [4.78, 5) is 19.3. The van der Waals surface area contributed by atoms with Gasteiger partial charge in [-0.15, -0.1) is 0 Å². The molecule has 47 heavy (non-hydrogen) atoms. The van der Waals surface area contributed by atoms with Crippen LogP contribution in [0.4, 0.5) is 18.9 Å². The molecule has 0 saturated heterocycles. The van der Waals surface area contributed by atoms with Crippen molar-refractivity contribution in [3.05, 3.63) is 113 Å². The van der Waals surface area contributed by atoms with E-state index in [2.05, 4.69) is 21.7 Å². The van der Waals surface area contributed by atoms with Gasteiger partial charge in [-0.05, 0) is 78.1 Å². The fourth-order valence-corrected chi connectivity index (χ4v) is 5.47. The maximum absolute atomic E-state index is 14.0. The van der Waals surface area contributed by atoms with Gasteiger partial charge in [0.05, 0.1) is 37.1 Å². The number of alkyl halides is 3. The number of thiocarbonyl (C=S) groups is 1. The van der Waals surface area contributed by atoms with Gasteiger partial charge in [-0.1, -0.05) is 44.2 Å². The van der Waals surface area contributed by atoms with E-state index in [1.54, 1.807) is 67.0 Å². The maximum Gasteiger partial charge on any atom is 0.416 e. The number of nitrogens with zero attached hydrogens (tertiary/aromatic N) is 4. The molecule has 1 amide bonds. The number of methoxy groups -OCH3 is 1. The molecule has 0 spiro atoms. The molecule has 12 heteroatoms. The van der Waals surface area contributed by atoms with Crippen LogP contribution in [0.5, 0.6) is 5.75 Å². The van der Waals surface area contributed by atoms with Gasteiger partial charge in [0, 0.05) is 43.3 Å². The lowest BCUT2D eigenvalue weighted by atomic mass is 10.0. The minimum atomic E-state index is -4.54. The second kappa shape index (κ2) is 16.1. The number of amides is 1. The van der Waals surface area contributed by atoms with Gasteiger partial charge in [0.15, 0.2) is 5.11 Å². The Kier molecular flexibility index (Phi) is 12.0. The van der Waals surface area contributed by atoms with Crippen LogP contribution in [0.2, 0.25) is 0 Å². The molecule has 3 aromatic carbocycles. The molecular weight excluding hydrogens is 625 g/mol. The van der Waals surface area contributed by atoms with Crippen molar-refractivity contribution in [2.24, 2.45) is 5.92 Å². The number of halogens is 3. The summed E-state index contributed by atoms with van der Waals surface area (Å²) >= 11 is 5.75. The number of nitrogens with one attached hydrogen (secondary N) is 2. The van der Waals surface area contributed by atoms with Gasteiger partial charge < -0.3 is 24.8 Å². The average molecular weight is 663 g/mol. The molecule has 0 unspecified atom stereocenters. The number of carbonyl (C=O) groups is 1. The van der Waals surface area contributed by atoms with Crippen LogP contribution in [0.25, 0.3) is 0 Å². The molecular formula is C35H37F3N6O2S. The lowest BCUT2D eigenvalue weighted by molar-refractivity contribution is -0.138. The van der Waals surface area contributed by atoms with Crippen LogP contribution in [-0.2, 0) is 30.5 Å². The van der Waals surface area contributed by atoms with Crippen LogP contribution in [0, 0.1) is 17.2 Å². The van der Waals surface area contributed by atoms with Crippen LogP contribution in [0.15, 0.2) is 85.3 Å². The first-order chi connectivity index (χ1) is 22.4. The molecule has 2 N–H and O–H groups in total. The maximum atomic E-state index is 14.0. The minimum absolute atomic E-state index is 0.0519. The lowest BCUT2D eigenvalue weighted by Crippen LogP contribution is -2.47. The summed E-state index contributed by atoms with van der Waals surface area (Å²) < 4.78 is 48.9. The normalized spacial score (nSPS) is 11.9. The largest absolute Gasteiger partial charge is 0.497 e. The zero-order valence-corrected chi connectivity index (χ0v) is 27.2. The number of benzene rings is 3. The Morgan fingerprint density at radius 3 is 2.43 bits per heavy atom. The molecule has 1 atom stereocenters. The van der Waals surface area contributed by atoms with Gasteiger partial charge >= 0.3 is 6.18 Å². The van der Waals surface area contributed by atoms with E-state index in [4.69, 9.17) is 22.2 Å². The highest BCUT2D eigenvalue weighted by Crippen LogP contribution is 2.32. The number of nitriles is 1. The molecule has 4 aromatic rings. The monoisotopic (exact) mass is 662 g/mol. The number of aromatic nitrogens is 2. The van der Waals surface area contributed by atoms with E-state index in [1.807, 2.05) is 30.5 Å². The van der Waals surface area contributed by atoms with Crippen molar-refractivity contribution in [3.8, 4) is 11.8 Å². The molecule has 0 radical (unpaired) electrons. The van der Waals surface area contributed by atoms with Gasteiger partial charge in [-0.25, -0.2) is 4.98 Å². The average Bonchev–Trinajstić information content (AvgIpc) is 3.46. The van der Waals surface area contributed by atoms with Crippen LogP contribution in [0.1, 0.15) is 48.2 Å². The summed E-state index contributed by atoms with van der Waals surface area (Å²) in [6, 6.07) is 21.3. The third-order valence-corrected chi connectivity index (χ3v) is 7.81. The summed E-state index contributed by atoms with van der Waals surface area (Å²) in [5.74, 6) is 0.576. The van der Waals surface area contributed by atoms with E-state index < -0.39 is 17.8 Å². The van der Waals surface area contributed by atoms with Crippen LogP contribution in [0.3, 0.4) is 0 Å². The zero-order chi connectivity index (χ0) is 34.0. The number of hydrogen-bond acceptors (Lipinski definition) is 5. The summed E-state index contributed by atoms with van der Waals surface area (Å²) in [6.45, 7) is 4.55. The second-order valence-corrected chi connectivity index (χ2v) is 12.0. The molecule has 8 nitrogen and oxygen atoms in total. The minimum Gasteiger partial charge on any atom is -0.497 e. The number of hydrogen-bond donors (Lipinski definition) is 2. The third kappa shape index (κ3) is 10.3. The Balaban J connectivity index is 1.53. The molecule has 246 valence electrons. The molecule has 0 bridgehead atoms. The SMILES string of the molecule is COc1ccc(NC(=S)N(Cc2ccccc2C(F)(F)F)C[C@H](CC(C)C)NC(=O)Cc2cncn2Cc2ccc(C#N)cc2)cc1. The Morgan fingerprint density at radius 1 is 1.09 bits per heavy atom. The predicted molar refractivity (Wildman–Crippen MR) is 179 cm³/mol. The zero-order valence-electron chi connectivity index (χ0n) is 26.4. The first-order valence-corrected chi connectivity index (χ1v) is 15.5. The Morgan fingerprint density at radius 2 is 1.79 bits per heavy atom. The van der Waals surface area contributed by atoms with Gasteiger partial charge in [0.2, 0.25) is 5.91 Å². The molecule has 0 aliphatic carbocycles. The van der Waals surface area contributed by atoms with E-state index in [-0.39, 0.29) is 42.0 Å². The topological polar surface area (TPSA) is 95.2 Å². The second-order valence-electron chi connectivity index (χ2n) is 11.6. The highest BCUT2D eigenvalue weighted by atomic mass is 32.1.